The molecule has 4 rings (SSSR count). The normalized spacial score (nSPS) is 11.9. The lowest BCUT2D eigenvalue weighted by molar-refractivity contribution is -0.136. The van der Waals surface area contributed by atoms with E-state index in [1.165, 1.54) is 36.1 Å². The molecule has 4 aromatic rings. The monoisotopic (exact) mass is 425 g/mol. The Morgan fingerprint density at radius 2 is 2.14 bits per heavy atom. The van der Waals surface area contributed by atoms with Crippen molar-refractivity contribution in [3.8, 4) is 11.1 Å². The number of hydrogen-bond acceptors (Lipinski definition) is 4. The van der Waals surface area contributed by atoms with Crippen LogP contribution in [0.3, 0.4) is 0 Å². The topological polar surface area (TPSA) is 59.5 Å². The Kier molecular flexibility index (Phi) is 4.64. The van der Waals surface area contributed by atoms with E-state index in [4.69, 9.17) is 16.0 Å². The van der Waals surface area contributed by atoms with E-state index in [1.54, 1.807) is 0 Å². The molecule has 5 nitrogen and oxygen atoms in total. The highest BCUT2D eigenvalue weighted by Gasteiger charge is 2.36. The number of rotatable bonds is 4. The number of hydrogen-bond donors (Lipinski definition) is 1. The number of nitrogens with one attached hydrogen (secondary N) is 1. The van der Waals surface area contributed by atoms with E-state index >= 15 is 0 Å². The molecular weight excluding hydrogens is 415 g/mol. The van der Waals surface area contributed by atoms with E-state index < -0.39 is 23.3 Å². The highest BCUT2D eigenvalue weighted by atomic mass is 35.5. The second-order valence-corrected chi connectivity index (χ2v) is 7.25. The van der Waals surface area contributed by atoms with Gasteiger partial charge in [-0.1, -0.05) is 17.7 Å². The Bertz CT molecular complexity index is 1140. The lowest BCUT2D eigenvalue weighted by atomic mass is 10.1. The van der Waals surface area contributed by atoms with Crippen molar-refractivity contribution in [1.82, 2.24) is 14.7 Å². The maximum atomic E-state index is 13.6. The minimum absolute atomic E-state index is 0.200. The smallest absolute Gasteiger partial charge is 0.420 e. The summed E-state index contributed by atoms with van der Waals surface area (Å²) in [6.45, 7) is 0.229. The van der Waals surface area contributed by atoms with E-state index in [-0.39, 0.29) is 23.0 Å². The number of thiophene rings is 1. The van der Waals surface area contributed by atoms with E-state index in [1.807, 2.05) is 17.5 Å². The lowest BCUT2D eigenvalue weighted by Gasteiger charge is -2.10. The summed E-state index contributed by atoms with van der Waals surface area (Å²) in [5.74, 6) is -0.653. The molecule has 0 aliphatic carbocycles. The second kappa shape index (κ2) is 6.99. The number of furan rings is 1. The third-order valence-electron chi connectivity index (χ3n) is 4.04. The second-order valence-electron chi connectivity index (χ2n) is 5.86. The lowest BCUT2D eigenvalue weighted by Crippen LogP contribution is -2.23. The molecule has 1 N–H and O–H groups in total. The van der Waals surface area contributed by atoms with Crippen molar-refractivity contribution in [2.75, 3.05) is 0 Å². The number of aromatic nitrogens is 2. The number of nitrogens with zero attached hydrogens (tertiary/aromatic N) is 2. The van der Waals surface area contributed by atoms with Crippen LogP contribution in [-0.2, 0) is 12.7 Å². The number of alkyl halides is 3. The molecule has 0 spiro atoms. The summed E-state index contributed by atoms with van der Waals surface area (Å²) in [7, 11) is 0. The molecule has 4 aromatic heterocycles. The molecule has 144 valence electrons. The zero-order valence-electron chi connectivity index (χ0n) is 14.0. The molecule has 0 bridgehead atoms. The van der Waals surface area contributed by atoms with Gasteiger partial charge in [0.1, 0.15) is 5.15 Å². The zero-order chi connectivity index (χ0) is 19.9. The van der Waals surface area contributed by atoms with E-state index in [2.05, 4.69) is 10.3 Å². The van der Waals surface area contributed by atoms with Gasteiger partial charge in [-0.2, -0.15) is 13.2 Å². The van der Waals surface area contributed by atoms with E-state index in [0.717, 1.165) is 15.3 Å². The zero-order valence-corrected chi connectivity index (χ0v) is 15.5. The van der Waals surface area contributed by atoms with Gasteiger partial charge in [-0.15, -0.1) is 11.3 Å². The molecule has 4 heterocycles. The van der Waals surface area contributed by atoms with Crippen LogP contribution in [0.15, 0.2) is 52.8 Å². The highest BCUT2D eigenvalue weighted by molar-refractivity contribution is 7.09. The minimum atomic E-state index is -4.68. The Hall–Kier alpha value is -2.78. The third-order valence-corrected chi connectivity index (χ3v) is 5.28. The number of fused-ring (bicyclic) bond motifs is 1. The maximum Gasteiger partial charge on any atom is 0.420 e. The van der Waals surface area contributed by atoms with Crippen LogP contribution in [0.2, 0.25) is 5.15 Å². The van der Waals surface area contributed by atoms with Crippen molar-refractivity contribution in [2.24, 2.45) is 0 Å². The molecule has 0 aromatic carbocycles. The summed E-state index contributed by atoms with van der Waals surface area (Å²) < 4.78 is 46.8. The largest absolute Gasteiger partial charge is 0.472 e. The first kappa shape index (κ1) is 18.6. The predicted molar refractivity (Wildman–Crippen MR) is 98.4 cm³/mol. The quantitative estimate of drug-likeness (QED) is 0.485. The van der Waals surface area contributed by atoms with Crippen LogP contribution in [0.4, 0.5) is 13.2 Å². The molecule has 1 amide bonds. The molecular formula is C18H11ClF3N3O2S. The Morgan fingerprint density at radius 1 is 1.32 bits per heavy atom. The van der Waals surface area contributed by atoms with Crippen molar-refractivity contribution in [2.45, 2.75) is 12.7 Å². The van der Waals surface area contributed by atoms with Crippen molar-refractivity contribution < 1.29 is 22.4 Å². The molecule has 0 fully saturated rings. The van der Waals surface area contributed by atoms with E-state index in [0.29, 0.717) is 5.56 Å². The molecule has 0 radical (unpaired) electrons. The van der Waals surface area contributed by atoms with Crippen LogP contribution >= 0.6 is 22.9 Å². The predicted octanol–water partition coefficient (Wildman–Crippen LogP) is 5.26. The number of imidazole rings is 1. The maximum absolute atomic E-state index is 13.6. The molecule has 0 aliphatic heterocycles. The summed E-state index contributed by atoms with van der Waals surface area (Å²) in [6.07, 6.45) is -0.617. The van der Waals surface area contributed by atoms with Crippen LogP contribution in [0.5, 0.6) is 0 Å². The Labute approximate surface area is 165 Å². The minimum Gasteiger partial charge on any atom is -0.472 e. The van der Waals surface area contributed by atoms with Gasteiger partial charge in [-0.05, 0) is 23.6 Å². The first-order chi connectivity index (χ1) is 13.3. The number of carbonyl (C=O) groups excluding carboxylic acids is 1. The number of pyridine rings is 1. The van der Waals surface area contributed by atoms with Crippen molar-refractivity contribution in [3.63, 3.8) is 0 Å². The van der Waals surface area contributed by atoms with Gasteiger partial charge < -0.3 is 9.73 Å². The fraction of sp³-hybridized carbons (Fsp3) is 0.111. The van der Waals surface area contributed by atoms with Crippen LogP contribution in [-0.4, -0.2) is 15.3 Å². The first-order valence-electron chi connectivity index (χ1n) is 7.96. The fourth-order valence-electron chi connectivity index (χ4n) is 2.72. The van der Waals surface area contributed by atoms with Crippen molar-refractivity contribution >= 4 is 34.5 Å². The Balaban J connectivity index is 1.79. The highest BCUT2D eigenvalue weighted by Crippen LogP contribution is 2.37. The molecule has 10 heteroatoms. The van der Waals surface area contributed by atoms with Gasteiger partial charge >= 0.3 is 6.18 Å². The molecule has 0 atom stereocenters. The van der Waals surface area contributed by atoms with Gasteiger partial charge in [0.25, 0.3) is 5.91 Å². The standard InChI is InChI=1S/C18H11ClF3N3O2S/c19-15-14(17(26)23-7-12-2-1-5-28-12)24-16-13(18(20,21)22)6-11(8-25(15)16)10-3-4-27-9-10/h1-6,8-9H,7H2,(H,23,26). The first-order valence-corrected chi connectivity index (χ1v) is 9.22. The van der Waals surface area contributed by atoms with Gasteiger partial charge in [0.05, 0.1) is 24.6 Å². The third kappa shape index (κ3) is 3.38. The number of carbonyl (C=O) groups is 1. The summed E-state index contributed by atoms with van der Waals surface area (Å²) in [5, 5.41) is 4.27. The van der Waals surface area contributed by atoms with E-state index in [9.17, 15) is 18.0 Å². The molecule has 0 aliphatic rings. The van der Waals surface area contributed by atoms with Gasteiger partial charge in [0, 0.05) is 22.2 Å². The summed E-state index contributed by atoms with van der Waals surface area (Å²) >= 11 is 7.66. The number of halogens is 4. The van der Waals surface area contributed by atoms with Crippen LogP contribution in [0.25, 0.3) is 16.8 Å². The van der Waals surface area contributed by atoms with Crippen LogP contribution < -0.4 is 5.32 Å². The van der Waals surface area contributed by atoms with Gasteiger partial charge in [-0.3, -0.25) is 9.20 Å². The van der Waals surface area contributed by atoms with Crippen LogP contribution in [0.1, 0.15) is 20.9 Å². The molecule has 0 unspecified atom stereocenters. The summed E-state index contributed by atoms with van der Waals surface area (Å²) in [5.41, 5.74) is -1.02. The van der Waals surface area contributed by atoms with Crippen LogP contribution in [0, 0.1) is 0 Å². The molecule has 0 saturated heterocycles. The average molecular weight is 426 g/mol. The Morgan fingerprint density at radius 3 is 2.79 bits per heavy atom. The molecule has 28 heavy (non-hydrogen) atoms. The number of amides is 1. The van der Waals surface area contributed by atoms with Gasteiger partial charge in [0.15, 0.2) is 11.3 Å². The molecule has 0 saturated carbocycles. The summed E-state index contributed by atoms with van der Waals surface area (Å²) in [4.78, 5) is 17.2. The van der Waals surface area contributed by atoms with Gasteiger partial charge in [0.2, 0.25) is 0 Å². The van der Waals surface area contributed by atoms with Crippen molar-refractivity contribution in [3.05, 3.63) is 69.7 Å². The van der Waals surface area contributed by atoms with Crippen molar-refractivity contribution in [1.29, 1.82) is 0 Å². The fourth-order valence-corrected chi connectivity index (χ4v) is 3.62. The van der Waals surface area contributed by atoms with Gasteiger partial charge in [-0.25, -0.2) is 4.98 Å². The SMILES string of the molecule is O=C(NCc1cccs1)c1nc2c(C(F)(F)F)cc(-c3ccoc3)cn2c1Cl. The average Bonchev–Trinajstić information content (AvgIpc) is 3.40. The summed E-state index contributed by atoms with van der Waals surface area (Å²) in [6, 6.07) is 6.14.